The largest absolute Gasteiger partial charge is 0.493 e. The Hall–Kier alpha value is -3.98. The van der Waals surface area contributed by atoms with Gasteiger partial charge in [0.05, 0.1) is 47.0 Å². The topological polar surface area (TPSA) is 109 Å². The van der Waals surface area contributed by atoms with Gasteiger partial charge in [-0.3, -0.25) is 14.6 Å². The molecule has 10 heteroatoms. The number of methoxy groups -OCH3 is 1. The van der Waals surface area contributed by atoms with Crippen LogP contribution in [0.4, 0.5) is 11.4 Å². The molecule has 9 nitrogen and oxygen atoms in total. The molecule has 3 aromatic rings. The second-order valence-electron chi connectivity index (χ2n) is 9.25. The number of aromatic nitrogens is 2. The third-order valence-corrected chi connectivity index (χ3v) is 7.26. The summed E-state index contributed by atoms with van der Waals surface area (Å²) in [6.07, 6.45) is 8.19. The highest BCUT2D eigenvalue weighted by Crippen LogP contribution is 2.43. The van der Waals surface area contributed by atoms with Crippen molar-refractivity contribution in [1.82, 2.24) is 20.2 Å². The first-order valence-corrected chi connectivity index (χ1v) is 13.0. The summed E-state index contributed by atoms with van der Waals surface area (Å²) in [7, 11) is 1.55. The molecule has 198 valence electrons. The number of halogens is 1. The Morgan fingerprint density at radius 1 is 1.34 bits per heavy atom. The number of amides is 2. The van der Waals surface area contributed by atoms with E-state index < -0.39 is 0 Å². The van der Waals surface area contributed by atoms with E-state index in [-0.39, 0.29) is 17.9 Å². The lowest BCUT2D eigenvalue weighted by Gasteiger charge is -2.35. The van der Waals surface area contributed by atoms with E-state index in [4.69, 9.17) is 21.1 Å². The van der Waals surface area contributed by atoms with E-state index in [2.05, 4.69) is 27.2 Å². The van der Waals surface area contributed by atoms with Gasteiger partial charge in [0.15, 0.2) is 5.75 Å². The van der Waals surface area contributed by atoms with Crippen LogP contribution in [0.1, 0.15) is 35.3 Å². The van der Waals surface area contributed by atoms with Crippen molar-refractivity contribution in [3.05, 3.63) is 65.6 Å². The molecule has 0 unspecified atom stereocenters. The molecule has 1 fully saturated rings. The van der Waals surface area contributed by atoms with Gasteiger partial charge in [-0.05, 0) is 43.5 Å². The molecule has 3 N–H and O–H groups in total. The summed E-state index contributed by atoms with van der Waals surface area (Å²) in [6, 6.07) is 7.18. The molecule has 0 radical (unpaired) electrons. The maximum Gasteiger partial charge on any atom is 0.255 e. The first kappa shape index (κ1) is 25.7. The fraction of sp³-hybridized carbons (Fsp3) is 0.321. The molecule has 0 aliphatic carbocycles. The number of anilines is 2. The Kier molecular flexibility index (Phi) is 7.55. The van der Waals surface area contributed by atoms with Crippen LogP contribution in [0.25, 0.3) is 11.3 Å². The Labute approximate surface area is 226 Å². The molecule has 4 heterocycles. The minimum absolute atomic E-state index is 0.0572. The number of nitrogens with one attached hydrogen (secondary N) is 3. The van der Waals surface area contributed by atoms with Gasteiger partial charge in [0.25, 0.3) is 5.91 Å². The zero-order valence-electron chi connectivity index (χ0n) is 21.2. The third kappa shape index (κ3) is 4.93. The number of carbonyl (C=O) groups excluding carboxylic acids is 2. The lowest BCUT2D eigenvalue weighted by molar-refractivity contribution is -0.130. The average Bonchev–Trinajstić information content (AvgIpc) is 3.31. The third-order valence-electron chi connectivity index (χ3n) is 6.97. The summed E-state index contributed by atoms with van der Waals surface area (Å²) in [6.45, 7) is 5.19. The number of hydrogen-bond acceptors (Lipinski definition) is 6. The highest BCUT2D eigenvalue weighted by Gasteiger charge is 2.30. The summed E-state index contributed by atoms with van der Waals surface area (Å²) < 4.78 is 11.8. The van der Waals surface area contributed by atoms with Crippen molar-refractivity contribution < 1.29 is 19.1 Å². The van der Waals surface area contributed by atoms with Gasteiger partial charge in [0, 0.05) is 37.0 Å². The quantitative estimate of drug-likeness (QED) is 0.360. The number of rotatable bonds is 8. The van der Waals surface area contributed by atoms with E-state index in [0.717, 1.165) is 30.5 Å². The second kappa shape index (κ2) is 11.2. The molecule has 2 amide bonds. The minimum Gasteiger partial charge on any atom is -0.493 e. The lowest BCUT2D eigenvalue weighted by atomic mass is 10.0. The van der Waals surface area contributed by atoms with Crippen LogP contribution in [0.5, 0.6) is 11.5 Å². The number of nitrogens with zero attached hydrogens (tertiary/aromatic N) is 2. The minimum atomic E-state index is -0.172. The molecule has 1 atom stereocenters. The fourth-order valence-electron chi connectivity index (χ4n) is 5.12. The first-order valence-electron chi connectivity index (χ1n) is 12.6. The summed E-state index contributed by atoms with van der Waals surface area (Å²) in [5.74, 6) is 0.759. The first-order chi connectivity index (χ1) is 18.5. The molecule has 1 aromatic carbocycles. The molecule has 0 saturated carbocycles. The molecule has 0 spiro atoms. The molecule has 2 aliphatic rings. The molecule has 5 rings (SSSR count). The van der Waals surface area contributed by atoms with Crippen molar-refractivity contribution in [2.45, 2.75) is 31.7 Å². The Morgan fingerprint density at radius 3 is 3.03 bits per heavy atom. The van der Waals surface area contributed by atoms with Gasteiger partial charge in [-0.1, -0.05) is 24.2 Å². The molecular weight excluding hydrogens is 506 g/mol. The standard InChI is InChI=1S/C28H30ClN5O4/c1-3-23(35)34-14-5-4-7-17(34)16-38-22-15-30-12-10-18(22)25-26(24-20(32-25)11-13-31-28(24)36)33-21-9-6-8-19(29)27(21)37-2/h3,6,8-10,12,15,17,32-33H,1,4-5,7,11,13-14,16H2,2H3,(H,31,36)/t17-/m0/s1. The summed E-state index contributed by atoms with van der Waals surface area (Å²) in [5, 5.41) is 6.77. The second-order valence-corrected chi connectivity index (χ2v) is 9.66. The van der Waals surface area contributed by atoms with Crippen LogP contribution in [0.15, 0.2) is 49.3 Å². The van der Waals surface area contributed by atoms with Gasteiger partial charge >= 0.3 is 0 Å². The number of hydrogen-bond donors (Lipinski definition) is 3. The van der Waals surface area contributed by atoms with E-state index in [0.29, 0.717) is 65.3 Å². The van der Waals surface area contributed by atoms with Crippen LogP contribution in [-0.2, 0) is 11.2 Å². The fourth-order valence-corrected chi connectivity index (χ4v) is 5.38. The maximum atomic E-state index is 13.0. The highest BCUT2D eigenvalue weighted by atomic mass is 35.5. The van der Waals surface area contributed by atoms with Crippen molar-refractivity contribution in [3.63, 3.8) is 0 Å². The maximum absolute atomic E-state index is 13.0. The number of pyridine rings is 1. The Balaban J connectivity index is 1.52. The summed E-state index contributed by atoms with van der Waals surface area (Å²) in [5.41, 5.74) is 4.00. The number of para-hydroxylation sites is 1. The van der Waals surface area contributed by atoms with E-state index >= 15 is 0 Å². The van der Waals surface area contributed by atoms with Crippen molar-refractivity contribution in [1.29, 1.82) is 0 Å². The van der Waals surface area contributed by atoms with Gasteiger partial charge in [0.1, 0.15) is 12.4 Å². The number of H-pyrrole nitrogens is 1. The normalized spacial score (nSPS) is 16.8. The number of likely N-dealkylation sites (tertiary alicyclic amines) is 1. The van der Waals surface area contributed by atoms with Crippen molar-refractivity contribution in [2.75, 3.05) is 32.1 Å². The molecule has 0 bridgehead atoms. The van der Waals surface area contributed by atoms with Gasteiger partial charge < -0.3 is 30.0 Å². The zero-order valence-corrected chi connectivity index (χ0v) is 21.9. The van der Waals surface area contributed by atoms with E-state index in [1.54, 1.807) is 25.6 Å². The SMILES string of the molecule is C=CC(=O)N1CCCC[C@H]1COc1cnccc1-c1[nH]c2c(c1Nc1cccc(Cl)c1OC)C(=O)NCC2. The van der Waals surface area contributed by atoms with Crippen LogP contribution >= 0.6 is 11.6 Å². The van der Waals surface area contributed by atoms with Gasteiger partial charge in [-0.25, -0.2) is 0 Å². The van der Waals surface area contributed by atoms with E-state index in [9.17, 15) is 9.59 Å². The molecule has 2 aromatic heterocycles. The van der Waals surface area contributed by atoms with E-state index in [1.807, 2.05) is 23.1 Å². The summed E-state index contributed by atoms with van der Waals surface area (Å²) >= 11 is 6.37. The monoisotopic (exact) mass is 535 g/mol. The summed E-state index contributed by atoms with van der Waals surface area (Å²) in [4.78, 5) is 34.9. The number of benzene rings is 1. The number of ether oxygens (including phenoxy) is 2. The van der Waals surface area contributed by atoms with Crippen molar-refractivity contribution >= 4 is 34.8 Å². The lowest BCUT2D eigenvalue weighted by Crippen LogP contribution is -2.46. The Bertz CT molecular complexity index is 1370. The van der Waals surface area contributed by atoms with Crippen LogP contribution in [0.2, 0.25) is 5.02 Å². The van der Waals surface area contributed by atoms with Gasteiger partial charge in [-0.15, -0.1) is 0 Å². The number of carbonyl (C=O) groups is 2. The zero-order chi connectivity index (χ0) is 26.6. The molecule has 1 saturated heterocycles. The molecule has 2 aliphatic heterocycles. The molecular formula is C28H30ClN5O4. The van der Waals surface area contributed by atoms with Crippen molar-refractivity contribution in [3.8, 4) is 22.8 Å². The smallest absolute Gasteiger partial charge is 0.255 e. The molecule has 38 heavy (non-hydrogen) atoms. The van der Waals surface area contributed by atoms with Crippen LogP contribution in [0, 0.1) is 0 Å². The van der Waals surface area contributed by atoms with Crippen LogP contribution in [0.3, 0.4) is 0 Å². The highest BCUT2D eigenvalue weighted by molar-refractivity contribution is 6.32. The van der Waals surface area contributed by atoms with Gasteiger partial charge in [-0.2, -0.15) is 0 Å². The Morgan fingerprint density at radius 2 is 2.21 bits per heavy atom. The average molecular weight is 536 g/mol. The number of aromatic amines is 1. The van der Waals surface area contributed by atoms with Crippen LogP contribution < -0.4 is 20.1 Å². The number of fused-ring (bicyclic) bond motifs is 1. The van der Waals surface area contributed by atoms with E-state index in [1.165, 1.54) is 6.08 Å². The number of piperidine rings is 1. The predicted molar refractivity (Wildman–Crippen MR) is 146 cm³/mol. The van der Waals surface area contributed by atoms with Crippen molar-refractivity contribution in [2.24, 2.45) is 0 Å². The van der Waals surface area contributed by atoms with Gasteiger partial charge in [0.2, 0.25) is 5.91 Å². The van der Waals surface area contributed by atoms with Crippen LogP contribution in [-0.4, -0.2) is 59.5 Å². The predicted octanol–water partition coefficient (Wildman–Crippen LogP) is 4.71.